The Kier molecular flexibility index (Phi) is 4.25. The van der Waals surface area contributed by atoms with Crippen molar-refractivity contribution in [2.75, 3.05) is 7.05 Å². The molecule has 0 unspecified atom stereocenters. The van der Waals surface area contributed by atoms with Crippen molar-refractivity contribution in [1.82, 2.24) is 4.90 Å². The highest BCUT2D eigenvalue weighted by atomic mass is 16.4. The SMILES string of the molecule is Cc1cc(C(=O)O)ccc1CN(C)Cc1ccoc1C. The topological polar surface area (TPSA) is 53.7 Å². The largest absolute Gasteiger partial charge is 0.478 e. The van der Waals surface area contributed by atoms with E-state index in [1.54, 1.807) is 18.4 Å². The molecule has 4 nitrogen and oxygen atoms in total. The van der Waals surface area contributed by atoms with Gasteiger partial charge >= 0.3 is 5.97 Å². The maximum atomic E-state index is 10.9. The molecule has 1 aromatic carbocycles. The average Bonchev–Trinajstić information content (AvgIpc) is 2.77. The van der Waals surface area contributed by atoms with Crippen molar-refractivity contribution in [3.8, 4) is 0 Å². The van der Waals surface area contributed by atoms with Crippen molar-refractivity contribution in [2.45, 2.75) is 26.9 Å². The van der Waals surface area contributed by atoms with E-state index in [0.717, 1.165) is 30.0 Å². The van der Waals surface area contributed by atoms with Crippen molar-refractivity contribution in [3.05, 3.63) is 58.5 Å². The van der Waals surface area contributed by atoms with Gasteiger partial charge in [-0.1, -0.05) is 6.07 Å². The molecule has 0 atom stereocenters. The minimum Gasteiger partial charge on any atom is -0.478 e. The van der Waals surface area contributed by atoms with Crippen LogP contribution in [0.25, 0.3) is 0 Å². The fourth-order valence-electron chi connectivity index (χ4n) is 2.22. The predicted octanol–water partition coefficient (Wildman–Crippen LogP) is 3.23. The van der Waals surface area contributed by atoms with Crippen molar-refractivity contribution in [1.29, 1.82) is 0 Å². The Morgan fingerprint density at radius 3 is 2.45 bits per heavy atom. The summed E-state index contributed by atoms with van der Waals surface area (Å²) in [6.07, 6.45) is 1.70. The zero-order valence-electron chi connectivity index (χ0n) is 12.0. The summed E-state index contributed by atoms with van der Waals surface area (Å²) < 4.78 is 5.29. The van der Waals surface area contributed by atoms with Crippen LogP contribution in [0.15, 0.2) is 34.9 Å². The Morgan fingerprint density at radius 1 is 1.20 bits per heavy atom. The number of furan rings is 1. The smallest absolute Gasteiger partial charge is 0.335 e. The van der Waals surface area contributed by atoms with Gasteiger partial charge in [-0.05, 0) is 50.2 Å². The fraction of sp³-hybridized carbons (Fsp3) is 0.312. The van der Waals surface area contributed by atoms with Gasteiger partial charge in [0, 0.05) is 18.7 Å². The van der Waals surface area contributed by atoms with Gasteiger partial charge in [-0.15, -0.1) is 0 Å². The Morgan fingerprint density at radius 2 is 1.90 bits per heavy atom. The molecule has 1 N–H and O–H groups in total. The quantitative estimate of drug-likeness (QED) is 0.908. The van der Waals surface area contributed by atoms with E-state index in [1.165, 1.54) is 5.56 Å². The van der Waals surface area contributed by atoms with Crippen LogP contribution >= 0.6 is 0 Å². The van der Waals surface area contributed by atoms with Gasteiger partial charge in [0.15, 0.2) is 0 Å². The van der Waals surface area contributed by atoms with E-state index in [-0.39, 0.29) is 0 Å². The highest BCUT2D eigenvalue weighted by molar-refractivity contribution is 5.87. The molecule has 0 radical (unpaired) electrons. The second-order valence-electron chi connectivity index (χ2n) is 5.12. The molecule has 0 aliphatic heterocycles. The second-order valence-corrected chi connectivity index (χ2v) is 5.12. The Balaban J connectivity index is 2.06. The molecule has 0 saturated heterocycles. The van der Waals surface area contributed by atoms with Crippen molar-refractivity contribution >= 4 is 5.97 Å². The maximum absolute atomic E-state index is 10.9. The standard InChI is InChI=1S/C16H19NO3/c1-11-8-13(16(18)19)4-5-14(11)9-17(3)10-15-6-7-20-12(15)2/h4-8H,9-10H2,1-3H3,(H,18,19). The molecule has 0 saturated carbocycles. The van der Waals surface area contributed by atoms with E-state index in [1.807, 2.05) is 33.0 Å². The first-order valence-electron chi connectivity index (χ1n) is 6.51. The van der Waals surface area contributed by atoms with Crippen LogP contribution in [0.2, 0.25) is 0 Å². The van der Waals surface area contributed by atoms with E-state index in [0.29, 0.717) is 5.56 Å². The fourth-order valence-corrected chi connectivity index (χ4v) is 2.22. The highest BCUT2D eigenvalue weighted by Crippen LogP contribution is 2.16. The summed E-state index contributed by atoms with van der Waals surface area (Å²) in [5, 5.41) is 8.96. The second kappa shape index (κ2) is 5.92. The molecule has 1 aromatic heterocycles. The summed E-state index contributed by atoms with van der Waals surface area (Å²) >= 11 is 0. The van der Waals surface area contributed by atoms with Gasteiger partial charge < -0.3 is 9.52 Å². The first-order chi connectivity index (χ1) is 9.47. The highest BCUT2D eigenvalue weighted by Gasteiger charge is 2.09. The zero-order chi connectivity index (χ0) is 14.7. The van der Waals surface area contributed by atoms with Crippen LogP contribution in [0.1, 0.15) is 32.8 Å². The van der Waals surface area contributed by atoms with Crippen LogP contribution < -0.4 is 0 Å². The van der Waals surface area contributed by atoms with E-state index in [4.69, 9.17) is 9.52 Å². The van der Waals surface area contributed by atoms with Crippen molar-refractivity contribution in [3.63, 3.8) is 0 Å². The number of hydrogen-bond donors (Lipinski definition) is 1. The van der Waals surface area contributed by atoms with Gasteiger partial charge in [0.05, 0.1) is 11.8 Å². The Bertz CT molecular complexity index is 616. The zero-order valence-corrected chi connectivity index (χ0v) is 12.0. The van der Waals surface area contributed by atoms with Crippen molar-refractivity contribution < 1.29 is 14.3 Å². The van der Waals surface area contributed by atoms with Gasteiger partial charge in [0.2, 0.25) is 0 Å². The number of rotatable bonds is 5. The molecular formula is C16H19NO3. The lowest BCUT2D eigenvalue weighted by Crippen LogP contribution is -2.18. The first kappa shape index (κ1) is 14.3. The number of aromatic carboxylic acids is 1. The Labute approximate surface area is 118 Å². The molecule has 0 fully saturated rings. The summed E-state index contributed by atoms with van der Waals surface area (Å²) in [6, 6.07) is 7.24. The molecule has 2 rings (SSSR count). The minimum absolute atomic E-state index is 0.333. The normalized spacial score (nSPS) is 11.0. The average molecular weight is 273 g/mol. The van der Waals surface area contributed by atoms with Gasteiger partial charge in [-0.3, -0.25) is 4.90 Å². The van der Waals surface area contributed by atoms with Crippen LogP contribution in [0.4, 0.5) is 0 Å². The third kappa shape index (κ3) is 3.27. The molecule has 2 aromatic rings. The monoisotopic (exact) mass is 273 g/mol. The molecule has 0 bridgehead atoms. The molecular weight excluding hydrogens is 254 g/mol. The van der Waals surface area contributed by atoms with Crippen LogP contribution in [0, 0.1) is 13.8 Å². The number of benzene rings is 1. The molecule has 4 heteroatoms. The van der Waals surface area contributed by atoms with Crippen LogP contribution in [-0.2, 0) is 13.1 Å². The minimum atomic E-state index is -0.887. The molecule has 106 valence electrons. The number of carbonyl (C=O) groups is 1. The predicted molar refractivity (Wildman–Crippen MR) is 76.8 cm³/mol. The van der Waals surface area contributed by atoms with Gasteiger partial charge in [0.25, 0.3) is 0 Å². The van der Waals surface area contributed by atoms with Crippen LogP contribution in [-0.4, -0.2) is 23.0 Å². The number of carboxylic acid groups (broad SMARTS) is 1. The molecule has 0 spiro atoms. The summed E-state index contributed by atoms with van der Waals surface area (Å²) in [5.41, 5.74) is 3.64. The molecule has 0 aliphatic rings. The lowest BCUT2D eigenvalue weighted by molar-refractivity contribution is 0.0696. The van der Waals surface area contributed by atoms with Crippen LogP contribution in [0.5, 0.6) is 0 Å². The van der Waals surface area contributed by atoms with Gasteiger partial charge in [-0.2, -0.15) is 0 Å². The maximum Gasteiger partial charge on any atom is 0.335 e. The van der Waals surface area contributed by atoms with Gasteiger partial charge in [-0.25, -0.2) is 4.79 Å². The summed E-state index contributed by atoms with van der Waals surface area (Å²) in [5.74, 6) is 0.0526. The number of carboxylic acids is 1. The van der Waals surface area contributed by atoms with E-state index in [2.05, 4.69) is 4.90 Å². The molecule has 0 aliphatic carbocycles. The lowest BCUT2D eigenvalue weighted by Gasteiger charge is -2.18. The number of nitrogens with zero attached hydrogens (tertiary/aromatic N) is 1. The molecule has 0 amide bonds. The van der Waals surface area contributed by atoms with E-state index >= 15 is 0 Å². The lowest BCUT2D eigenvalue weighted by atomic mass is 10.0. The summed E-state index contributed by atoms with van der Waals surface area (Å²) in [6.45, 7) is 5.48. The van der Waals surface area contributed by atoms with E-state index in [9.17, 15) is 4.79 Å². The molecule has 20 heavy (non-hydrogen) atoms. The van der Waals surface area contributed by atoms with Crippen molar-refractivity contribution in [2.24, 2.45) is 0 Å². The summed E-state index contributed by atoms with van der Waals surface area (Å²) in [7, 11) is 2.04. The number of hydrogen-bond acceptors (Lipinski definition) is 3. The van der Waals surface area contributed by atoms with Gasteiger partial charge in [0.1, 0.15) is 5.76 Å². The number of aryl methyl sites for hydroxylation is 2. The third-order valence-corrected chi connectivity index (χ3v) is 3.44. The molecule has 1 heterocycles. The third-order valence-electron chi connectivity index (χ3n) is 3.44. The summed E-state index contributed by atoms with van der Waals surface area (Å²) in [4.78, 5) is 13.1. The van der Waals surface area contributed by atoms with E-state index < -0.39 is 5.97 Å². The van der Waals surface area contributed by atoms with Crippen LogP contribution in [0.3, 0.4) is 0 Å². The Hall–Kier alpha value is -2.07. The first-order valence-corrected chi connectivity index (χ1v) is 6.51.